The van der Waals surface area contributed by atoms with Crippen molar-refractivity contribution in [2.45, 2.75) is 49.6 Å². The van der Waals surface area contributed by atoms with Gasteiger partial charge in [-0.2, -0.15) is 13.2 Å². The van der Waals surface area contributed by atoms with Crippen molar-refractivity contribution < 1.29 is 31.5 Å². The highest BCUT2D eigenvalue weighted by Crippen LogP contribution is 2.39. The number of nitrogens with one attached hydrogen (secondary N) is 1. The Morgan fingerprint density at radius 1 is 1.16 bits per heavy atom. The highest BCUT2D eigenvalue weighted by Gasteiger charge is 2.44. The maximum Gasteiger partial charge on any atom is 0.391 e. The topological polar surface area (TPSA) is 83.5 Å². The lowest BCUT2D eigenvalue weighted by Crippen LogP contribution is -2.47. The lowest BCUT2D eigenvalue weighted by Gasteiger charge is -2.30. The minimum absolute atomic E-state index is 0.0344. The van der Waals surface area contributed by atoms with E-state index < -0.39 is 39.4 Å². The van der Waals surface area contributed by atoms with Gasteiger partial charge in [0.25, 0.3) is 0 Å². The molecule has 0 radical (unpaired) electrons. The van der Waals surface area contributed by atoms with E-state index in [0.717, 1.165) is 0 Å². The number of rotatable bonds is 6. The number of hydrogen-bond acceptors (Lipinski definition) is 3. The molecule has 5 nitrogen and oxygen atoms in total. The molecule has 2 rings (SSSR count). The standard InChI is InChI=1S/C16H20F3NO4S/c17-16(18,19)12-6-8-13(9-7-12)25(23,24)20-14(15(21)22)10-11-4-2-1-3-5-11/h1-5,12-14,20H,6-10H2,(H,21,22)/t12?,13?,14-/m0/s1. The number of benzene rings is 1. The van der Waals surface area contributed by atoms with Gasteiger partial charge in [0.2, 0.25) is 10.0 Å². The van der Waals surface area contributed by atoms with E-state index in [9.17, 15) is 31.5 Å². The number of carbonyl (C=O) groups is 1. The first-order valence-electron chi connectivity index (χ1n) is 7.94. The molecule has 9 heteroatoms. The molecule has 0 bridgehead atoms. The molecule has 0 heterocycles. The van der Waals surface area contributed by atoms with Gasteiger partial charge in [-0.1, -0.05) is 30.3 Å². The Bertz CT molecular complexity index is 683. The minimum atomic E-state index is -4.32. The second-order valence-electron chi connectivity index (χ2n) is 6.26. The molecule has 0 spiro atoms. The normalized spacial score (nSPS) is 23.2. The third-order valence-corrected chi connectivity index (χ3v) is 6.43. The summed E-state index contributed by atoms with van der Waals surface area (Å²) in [5.74, 6) is -2.81. The van der Waals surface area contributed by atoms with Crippen LogP contribution in [-0.2, 0) is 21.2 Å². The van der Waals surface area contributed by atoms with Crippen molar-refractivity contribution in [3.8, 4) is 0 Å². The summed E-state index contributed by atoms with van der Waals surface area (Å²) in [7, 11) is -4.01. The van der Waals surface area contributed by atoms with Crippen molar-refractivity contribution in [2.75, 3.05) is 0 Å². The second-order valence-corrected chi connectivity index (χ2v) is 8.25. The number of alkyl halides is 3. The van der Waals surface area contributed by atoms with Crippen LogP contribution in [0.2, 0.25) is 0 Å². The van der Waals surface area contributed by atoms with Gasteiger partial charge in [0.15, 0.2) is 0 Å². The van der Waals surface area contributed by atoms with Crippen LogP contribution in [0.15, 0.2) is 30.3 Å². The fraction of sp³-hybridized carbons (Fsp3) is 0.562. The Hall–Kier alpha value is -1.61. The number of hydrogen-bond donors (Lipinski definition) is 2. The minimum Gasteiger partial charge on any atom is -0.480 e. The van der Waals surface area contributed by atoms with Crippen LogP contribution in [0.1, 0.15) is 31.2 Å². The Balaban J connectivity index is 2.02. The largest absolute Gasteiger partial charge is 0.480 e. The average Bonchev–Trinajstić information content (AvgIpc) is 2.54. The Kier molecular flexibility index (Phi) is 6.10. The van der Waals surface area contributed by atoms with Crippen LogP contribution in [0, 0.1) is 5.92 Å². The molecule has 1 fully saturated rings. The van der Waals surface area contributed by atoms with Crippen LogP contribution in [0.4, 0.5) is 13.2 Å². The molecule has 0 amide bonds. The van der Waals surface area contributed by atoms with Gasteiger partial charge >= 0.3 is 12.1 Å². The summed E-state index contributed by atoms with van der Waals surface area (Å²) in [6, 6.07) is 7.18. The summed E-state index contributed by atoms with van der Waals surface area (Å²) in [4.78, 5) is 11.4. The van der Waals surface area contributed by atoms with Crippen molar-refractivity contribution in [1.29, 1.82) is 0 Å². The van der Waals surface area contributed by atoms with E-state index in [0.29, 0.717) is 5.56 Å². The highest BCUT2D eigenvalue weighted by atomic mass is 32.2. The second kappa shape index (κ2) is 7.74. The summed E-state index contributed by atoms with van der Waals surface area (Å²) in [5.41, 5.74) is 0.651. The van der Waals surface area contributed by atoms with Gasteiger partial charge in [0.1, 0.15) is 6.04 Å². The van der Waals surface area contributed by atoms with E-state index in [1.807, 2.05) is 0 Å². The van der Waals surface area contributed by atoms with Gasteiger partial charge in [0, 0.05) is 0 Å². The molecular weight excluding hydrogens is 359 g/mol. The zero-order valence-electron chi connectivity index (χ0n) is 13.4. The molecule has 0 aromatic heterocycles. The number of aliphatic carboxylic acids is 1. The number of carboxylic acid groups (broad SMARTS) is 1. The maximum atomic E-state index is 12.7. The molecule has 1 saturated carbocycles. The van der Waals surface area contributed by atoms with Gasteiger partial charge in [0.05, 0.1) is 11.2 Å². The Morgan fingerprint density at radius 3 is 2.20 bits per heavy atom. The summed E-state index contributed by atoms with van der Waals surface area (Å²) >= 11 is 0. The Labute approximate surface area is 144 Å². The lowest BCUT2D eigenvalue weighted by atomic mass is 9.88. The van der Waals surface area contributed by atoms with Crippen molar-refractivity contribution in [1.82, 2.24) is 4.72 Å². The van der Waals surface area contributed by atoms with Crippen molar-refractivity contribution in [2.24, 2.45) is 5.92 Å². The number of halogens is 3. The number of sulfonamides is 1. The van der Waals surface area contributed by atoms with E-state index in [1.165, 1.54) is 0 Å². The summed E-state index contributed by atoms with van der Waals surface area (Å²) in [6.45, 7) is 0. The smallest absolute Gasteiger partial charge is 0.391 e. The third kappa shape index (κ3) is 5.43. The third-order valence-electron chi connectivity index (χ3n) is 4.46. The van der Waals surface area contributed by atoms with E-state index in [-0.39, 0.29) is 32.1 Å². The quantitative estimate of drug-likeness (QED) is 0.796. The van der Waals surface area contributed by atoms with Crippen LogP contribution >= 0.6 is 0 Å². The first-order valence-corrected chi connectivity index (χ1v) is 9.49. The van der Waals surface area contributed by atoms with E-state index >= 15 is 0 Å². The molecule has 1 aliphatic carbocycles. The van der Waals surface area contributed by atoms with Crippen LogP contribution in [0.25, 0.3) is 0 Å². The predicted octanol–water partition coefficient (Wildman–Crippen LogP) is 2.72. The van der Waals surface area contributed by atoms with Crippen molar-refractivity contribution in [3.63, 3.8) is 0 Å². The van der Waals surface area contributed by atoms with E-state index in [4.69, 9.17) is 0 Å². The van der Waals surface area contributed by atoms with E-state index in [2.05, 4.69) is 4.72 Å². The molecular formula is C16H20F3NO4S. The number of carboxylic acids is 1. The summed E-state index contributed by atoms with van der Waals surface area (Å²) < 4.78 is 65.0. The monoisotopic (exact) mass is 379 g/mol. The Morgan fingerprint density at radius 2 is 1.72 bits per heavy atom. The molecule has 2 N–H and O–H groups in total. The molecule has 140 valence electrons. The molecule has 1 aliphatic rings. The predicted molar refractivity (Wildman–Crippen MR) is 85.4 cm³/mol. The summed E-state index contributed by atoms with van der Waals surface area (Å²) in [6.07, 6.45) is -5.13. The fourth-order valence-corrected chi connectivity index (χ4v) is 4.69. The van der Waals surface area contributed by atoms with Gasteiger partial charge in [-0.25, -0.2) is 13.1 Å². The lowest BCUT2D eigenvalue weighted by molar-refractivity contribution is -0.181. The maximum absolute atomic E-state index is 12.7. The van der Waals surface area contributed by atoms with Crippen molar-refractivity contribution >= 4 is 16.0 Å². The van der Waals surface area contributed by atoms with Gasteiger partial charge in [-0.3, -0.25) is 4.79 Å². The molecule has 0 aliphatic heterocycles. The van der Waals surface area contributed by atoms with Crippen LogP contribution in [0.3, 0.4) is 0 Å². The van der Waals surface area contributed by atoms with E-state index in [1.54, 1.807) is 30.3 Å². The SMILES string of the molecule is O=C(O)[C@H](Cc1ccccc1)NS(=O)(=O)C1CCC(C(F)(F)F)CC1. The molecule has 0 unspecified atom stereocenters. The van der Waals surface area contributed by atoms with Gasteiger partial charge in [-0.05, 0) is 37.7 Å². The molecule has 0 saturated heterocycles. The summed E-state index contributed by atoms with van der Waals surface area (Å²) in [5, 5.41) is 8.27. The fourth-order valence-electron chi connectivity index (χ4n) is 3.02. The first-order chi connectivity index (χ1) is 11.6. The average molecular weight is 379 g/mol. The highest BCUT2D eigenvalue weighted by molar-refractivity contribution is 7.90. The van der Waals surface area contributed by atoms with Gasteiger partial charge < -0.3 is 5.11 Å². The first kappa shape index (κ1) is 19.7. The zero-order valence-corrected chi connectivity index (χ0v) is 14.2. The van der Waals surface area contributed by atoms with Gasteiger partial charge in [-0.15, -0.1) is 0 Å². The van der Waals surface area contributed by atoms with Crippen LogP contribution < -0.4 is 4.72 Å². The van der Waals surface area contributed by atoms with Crippen LogP contribution in [0.5, 0.6) is 0 Å². The molecule has 1 aromatic carbocycles. The van der Waals surface area contributed by atoms with Crippen molar-refractivity contribution in [3.05, 3.63) is 35.9 Å². The zero-order chi connectivity index (χ0) is 18.7. The van der Waals surface area contributed by atoms with Crippen LogP contribution in [-0.4, -0.2) is 37.0 Å². The molecule has 1 atom stereocenters. The molecule has 25 heavy (non-hydrogen) atoms. The molecule has 1 aromatic rings.